The second-order valence-electron chi connectivity index (χ2n) is 5.78. The largest absolute Gasteiger partial charge is 0.373 e. The van der Waals surface area contributed by atoms with E-state index in [-0.39, 0.29) is 12.0 Å². The van der Waals surface area contributed by atoms with E-state index in [1.165, 1.54) is 11.1 Å². The molecule has 2 N–H and O–H groups in total. The molecular weight excluding hydrogens is 278 g/mol. The summed E-state index contributed by atoms with van der Waals surface area (Å²) < 4.78 is 5.97. The van der Waals surface area contributed by atoms with Crippen molar-refractivity contribution in [2.24, 2.45) is 5.92 Å². The predicted molar refractivity (Wildman–Crippen MR) is 83.5 cm³/mol. The Bertz CT molecular complexity index is 607. The third kappa shape index (κ3) is 3.36. The Kier molecular flexibility index (Phi) is 4.53. The van der Waals surface area contributed by atoms with E-state index in [0.29, 0.717) is 18.2 Å². The Morgan fingerprint density at radius 3 is 2.91 bits per heavy atom. The lowest BCUT2D eigenvalue weighted by Crippen LogP contribution is -2.35. The molecule has 0 bridgehead atoms. The lowest BCUT2D eigenvalue weighted by molar-refractivity contribution is -0.0272. The summed E-state index contributed by atoms with van der Waals surface area (Å²) in [6, 6.07) is 10.1. The van der Waals surface area contributed by atoms with Gasteiger partial charge in [0.2, 0.25) is 0 Å². The molecule has 1 amide bonds. The molecule has 5 nitrogen and oxygen atoms in total. The summed E-state index contributed by atoms with van der Waals surface area (Å²) in [4.78, 5) is 12.0. The summed E-state index contributed by atoms with van der Waals surface area (Å²) >= 11 is 0. The number of nitrogens with one attached hydrogen (secondary N) is 2. The van der Waals surface area contributed by atoms with Crippen LogP contribution in [0.3, 0.4) is 0 Å². The van der Waals surface area contributed by atoms with Gasteiger partial charge in [0.25, 0.3) is 5.91 Å². The third-order valence-corrected chi connectivity index (χ3v) is 4.12. The monoisotopic (exact) mass is 299 g/mol. The molecule has 1 saturated heterocycles. The number of hydrogen-bond acceptors (Lipinski definition) is 3. The van der Waals surface area contributed by atoms with E-state index in [2.05, 4.69) is 46.7 Å². The first-order chi connectivity index (χ1) is 10.7. The van der Waals surface area contributed by atoms with Gasteiger partial charge in [0, 0.05) is 25.3 Å². The number of aromatic amines is 1. The van der Waals surface area contributed by atoms with Gasteiger partial charge in [-0.1, -0.05) is 29.8 Å². The number of carbonyl (C=O) groups is 1. The SMILES string of the molecule is Cc1ccc([C@H]2OCCC[C@H]2CNC(=O)c2ccn[nH]2)cc1. The molecule has 1 aromatic carbocycles. The van der Waals surface area contributed by atoms with Crippen LogP contribution in [0.25, 0.3) is 0 Å². The number of aryl methyl sites for hydroxylation is 1. The highest BCUT2D eigenvalue weighted by Gasteiger charge is 2.27. The van der Waals surface area contributed by atoms with E-state index in [1.54, 1.807) is 12.3 Å². The number of aromatic nitrogens is 2. The van der Waals surface area contributed by atoms with Gasteiger partial charge in [-0.25, -0.2) is 0 Å². The zero-order valence-electron chi connectivity index (χ0n) is 12.7. The smallest absolute Gasteiger partial charge is 0.269 e. The van der Waals surface area contributed by atoms with E-state index in [0.717, 1.165) is 19.4 Å². The standard InChI is InChI=1S/C17H21N3O2/c1-12-4-6-13(7-5-12)16-14(3-2-10-22-16)11-18-17(21)15-8-9-19-20-15/h4-9,14,16H,2-3,10-11H2,1H3,(H,18,21)(H,19,20)/t14-,16+/m0/s1. The van der Waals surface area contributed by atoms with Crippen LogP contribution in [0, 0.1) is 12.8 Å². The minimum Gasteiger partial charge on any atom is -0.373 e. The molecule has 0 aliphatic carbocycles. The van der Waals surface area contributed by atoms with Crippen LogP contribution in [0.5, 0.6) is 0 Å². The van der Waals surface area contributed by atoms with Crippen LogP contribution < -0.4 is 5.32 Å². The molecule has 5 heteroatoms. The van der Waals surface area contributed by atoms with Crippen molar-refractivity contribution in [1.82, 2.24) is 15.5 Å². The molecule has 0 unspecified atom stereocenters. The fourth-order valence-electron chi connectivity index (χ4n) is 2.88. The lowest BCUT2D eigenvalue weighted by atomic mass is 9.89. The first-order valence-electron chi connectivity index (χ1n) is 7.70. The summed E-state index contributed by atoms with van der Waals surface area (Å²) in [5.74, 6) is 0.175. The normalized spacial score (nSPS) is 21.5. The quantitative estimate of drug-likeness (QED) is 0.912. The van der Waals surface area contributed by atoms with Gasteiger partial charge in [-0.15, -0.1) is 0 Å². The van der Waals surface area contributed by atoms with Crippen molar-refractivity contribution in [2.75, 3.05) is 13.2 Å². The molecular formula is C17H21N3O2. The number of H-pyrrole nitrogens is 1. The van der Waals surface area contributed by atoms with Gasteiger partial charge < -0.3 is 10.1 Å². The maximum absolute atomic E-state index is 12.0. The Morgan fingerprint density at radius 1 is 1.36 bits per heavy atom. The highest BCUT2D eigenvalue weighted by Crippen LogP contribution is 2.33. The van der Waals surface area contributed by atoms with Gasteiger partial charge in [0.15, 0.2) is 0 Å². The van der Waals surface area contributed by atoms with E-state index in [1.807, 2.05) is 0 Å². The molecule has 2 atom stereocenters. The number of rotatable bonds is 4. The summed E-state index contributed by atoms with van der Waals surface area (Å²) in [6.45, 7) is 3.47. The van der Waals surface area contributed by atoms with Crippen molar-refractivity contribution in [1.29, 1.82) is 0 Å². The van der Waals surface area contributed by atoms with Crippen molar-refractivity contribution >= 4 is 5.91 Å². The number of nitrogens with zero attached hydrogens (tertiary/aromatic N) is 1. The molecule has 1 aliphatic heterocycles. The molecule has 0 saturated carbocycles. The van der Waals surface area contributed by atoms with Gasteiger partial charge >= 0.3 is 0 Å². The Morgan fingerprint density at radius 2 is 2.18 bits per heavy atom. The average Bonchev–Trinajstić information content (AvgIpc) is 3.08. The zero-order chi connectivity index (χ0) is 15.4. The summed E-state index contributed by atoms with van der Waals surface area (Å²) in [5, 5.41) is 9.45. The van der Waals surface area contributed by atoms with Gasteiger partial charge in [-0.3, -0.25) is 9.89 Å². The van der Waals surface area contributed by atoms with E-state index in [4.69, 9.17) is 4.74 Å². The van der Waals surface area contributed by atoms with Crippen LogP contribution in [0.2, 0.25) is 0 Å². The number of carbonyl (C=O) groups excluding carboxylic acids is 1. The van der Waals surface area contributed by atoms with E-state index >= 15 is 0 Å². The molecule has 116 valence electrons. The molecule has 2 aromatic rings. The van der Waals surface area contributed by atoms with Crippen LogP contribution in [-0.2, 0) is 4.74 Å². The topological polar surface area (TPSA) is 67.0 Å². The third-order valence-electron chi connectivity index (χ3n) is 4.12. The Labute approximate surface area is 130 Å². The maximum atomic E-state index is 12.0. The molecule has 3 rings (SSSR count). The predicted octanol–water partition coefficient (Wildman–Crippen LogP) is 2.62. The number of ether oxygens (including phenoxy) is 1. The molecule has 1 aromatic heterocycles. The number of benzene rings is 1. The van der Waals surface area contributed by atoms with Gasteiger partial charge in [-0.2, -0.15) is 5.10 Å². The second kappa shape index (κ2) is 6.75. The van der Waals surface area contributed by atoms with Crippen LogP contribution in [-0.4, -0.2) is 29.3 Å². The molecule has 1 aliphatic rings. The number of hydrogen-bond donors (Lipinski definition) is 2. The maximum Gasteiger partial charge on any atom is 0.269 e. The fourth-order valence-corrected chi connectivity index (χ4v) is 2.88. The van der Waals surface area contributed by atoms with Gasteiger partial charge in [0.1, 0.15) is 5.69 Å². The second-order valence-corrected chi connectivity index (χ2v) is 5.78. The van der Waals surface area contributed by atoms with E-state index < -0.39 is 0 Å². The van der Waals surface area contributed by atoms with Crippen LogP contribution in [0.4, 0.5) is 0 Å². The minimum atomic E-state index is -0.120. The van der Waals surface area contributed by atoms with Crippen LogP contribution in [0.15, 0.2) is 36.5 Å². The highest BCUT2D eigenvalue weighted by molar-refractivity contribution is 5.92. The average molecular weight is 299 g/mol. The molecule has 2 heterocycles. The van der Waals surface area contributed by atoms with E-state index in [9.17, 15) is 4.79 Å². The first-order valence-corrected chi connectivity index (χ1v) is 7.70. The van der Waals surface area contributed by atoms with Crippen molar-refractivity contribution in [2.45, 2.75) is 25.9 Å². The van der Waals surface area contributed by atoms with Crippen molar-refractivity contribution in [3.63, 3.8) is 0 Å². The summed E-state index contributed by atoms with van der Waals surface area (Å²) in [6.07, 6.45) is 3.72. The highest BCUT2D eigenvalue weighted by atomic mass is 16.5. The van der Waals surface area contributed by atoms with Gasteiger partial charge in [0.05, 0.1) is 6.10 Å². The van der Waals surface area contributed by atoms with Crippen molar-refractivity contribution in [3.05, 3.63) is 53.3 Å². The minimum absolute atomic E-state index is 0.0522. The zero-order valence-corrected chi connectivity index (χ0v) is 12.7. The van der Waals surface area contributed by atoms with Gasteiger partial charge in [-0.05, 0) is 31.4 Å². The summed E-state index contributed by atoms with van der Waals surface area (Å²) in [7, 11) is 0. The van der Waals surface area contributed by atoms with Crippen LogP contribution in [0.1, 0.15) is 40.6 Å². The van der Waals surface area contributed by atoms with Crippen molar-refractivity contribution < 1.29 is 9.53 Å². The summed E-state index contributed by atoms with van der Waals surface area (Å²) in [5.41, 5.74) is 2.92. The Hall–Kier alpha value is -2.14. The first kappa shape index (κ1) is 14.8. The molecule has 0 radical (unpaired) electrons. The van der Waals surface area contributed by atoms with Crippen LogP contribution >= 0.6 is 0 Å². The molecule has 0 spiro atoms. The lowest BCUT2D eigenvalue weighted by Gasteiger charge is -2.32. The van der Waals surface area contributed by atoms with Crippen molar-refractivity contribution in [3.8, 4) is 0 Å². The number of amides is 1. The Balaban J connectivity index is 1.65. The fraction of sp³-hybridized carbons (Fsp3) is 0.412. The molecule has 22 heavy (non-hydrogen) atoms. The molecule has 1 fully saturated rings.